The van der Waals surface area contributed by atoms with Gasteiger partial charge in [0.15, 0.2) is 0 Å². The van der Waals surface area contributed by atoms with Crippen molar-refractivity contribution < 1.29 is 4.79 Å². The molecular weight excluding hydrogens is 242 g/mol. The predicted molar refractivity (Wildman–Crippen MR) is 76.7 cm³/mol. The van der Waals surface area contributed by atoms with Crippen LogP contribution in [0.2, 0.25) is 0 Å². The fourth-order valence-corrected chi connectivity index (χ4v) is 1.76. The number of likely N-dealkylation sites (N-methyl/N-ethyl adjacent to an activating group) is 1. The van der Waals surface area contributed by atoms with Crippen LogP contribution >= 0.6 is 0 Å². The first-order chi connectivity index (χ1) is 8.95. The minimum atomic E-state index is -0.165. The number of nitrogens with two attached hydrogens (primary N) is 1. The molecule has 6 heteroatoms. The summed E-state index contributed by atoms with van der Waals surface area (Å²) in [7, 11) is 3.97. The normalized spacial score (nSPS) is 12.6. The van der Waals surface area contributed by atoms with Gasteiger partial charge in [0.1, 0.15) is 0 Å². The van der Waals surface area contributed by atoms with E-state index in [0.29, 0.717) is 17.2 Å². The molecule has 0 aliphatic carbocycles. The number of nitrogens with one attached hydrogen (secondary N) is 2. The van der Waals surface area contributed by atoms with Crippen LogP contribution in [-0.4, -0.2) is 42.5 Å². The van der Waals surface area contributed by atoms with Crippen molar-refractivity contribution in [3.8, 4) is 0 Å². The Labute approximate surface area is 114 Å². The highest BCUT2D eigenvalue weighted by molar-refractivity contribution is 5.99. The maximum atomic E-state index is 12.3. The summed E-state index contributed by atoms with van der Waals surface area (Å²) in [4.78, 5) is 18.3. The molecule has 0 aliphatic rings. The molecule has 1 rings (SSSR count). The molecule has 19 heavy (non-hydrogen) atoms. The van der Waals surface area contributed by atoms with E-state index >= 15 is 0 Å². The van der Waals surface area contributed by atoms with Gasteiger partial charge in [0, 0.05) is 25.0 Å². The number of hydrogen-bond donors (Lipinski definition) is 3. The largest absolute Gasteiger partial charge is 0.348 e. The molecule has 0 saturated carbocycles. The van der Waals surface area contributed by atoms with Gasteiger partial charge in [-0.3, -0.25) is 15.6 Å². The van der Waals surface area contributed by atoms with Crippen molar-refractivity contribution in [1.29, 1.82) is 0 Å². The van der Waals surface area contributed by atoms with E-state index in [-0.39, 0.29) is 11.9 Å². The van der Waals surface area contributed by atoms with Gasteiger partial charge in [-0.1, -0.05) is 13.8 Å². The van der Waals surface area contributed by atoms with E-state index in [1.807, 2.05) is 14.1 Å². The Hall–Kier alpha value is -1.66. The summed E-state index contributed by atoms with van der Waals surface area (Å²) in [6.07, 6.45) is 3.10. The van der Waals surface area contributed by atoms with E-state index in [0.717, 1.165) is 6.54 Å². The Bertz CT molecular complexity index is 419. The summed E-state index contributed by atoms with van der Waals surface area (Å²) in [5.41, 5.74) is 3.53. The second kappa shape index (κ2) is 7.06. The minimum Gasteiger partial charge on any atom is -0.348 e. The molecule has 6 nitrogen and oxygen atoms in total. The van der Waals surface area contributed by atoms with Crippen LogP contribution in [0.4, 0.5) is 5.69 Å². The van der Waals surface area contributed by atoms with E-state index in [4.69, 9.17) is 5.84 Å². The number of rotatable bonds is 6. The highest BCUT2D eigenvalue weighted by Gasteiger charge is 2.19. The molecule has 0 bridgehead atoms. The molecule has 0 saturated heterocycles. The van der Waals surface area contributed by atoms with Gasteiger partial charge in [-0.25, -0.2) is 0 Å². The van der Waals surface area contributed by atoms with Gasteiger partial charge in [0.05, 0.1) is 11.3 Å². The third kappa shape index (κ3) is 4.50. The number of nitrogen functional groups attached to an aromatic ring is 1. The quantitative estimate of drug-likeness (QED) is 0.520. The molecular formula is C13H23N5O. The summed E-state index contributed by atoms with van der Waals surface area (Å²) in [5, 5.41) is 3.02. The van der Waals surface area contributed by atoms with Gasteiger partial charge in [-0.15, -0.1) is 0 Å². The second-order valence-corrected chi connectivity index (χ2v) is 5.15. The summed E-state index contributed by atoms with van der Waals surface area (Å²) in [6.45, 7) is 4.95. The zero-order valence-electron chi connectivity index (χ0n) is 12.0. The highest BCUT2D eigenvalue weighted by Crippen LogP contribution is 2.13. The topological polar surface area (TPSA) is 83.3 Å². The Morgan fingerprint density at radius 3 is 2.68 bits per heavy atom. The van der Waals surface area contributed by atoms with Gasteiger partial charge >= 0.3 is 0 Å². The van der Waals surface area contributed by atoms with Crippen molar-refractivity contribution in [3.63, 3.8) is 0 Å². The van der Waals surface area contributed by atoms with Crippen molar-refractivity contribution in [2.45, 2.75) is 19.9 Å². The maximum Gasteiger partial charge on any atom is 0.255 e. The van der Waals surface area contributed by atoms with Crippen LogP contribution < -0.4 is 16.6 Å². The number of pyridine rings is 1. The molecule has 0 aromatic carbocycles. The lowest BCUT2D eigenvalue weighted by molar-refractivity contribution is 0.0917. The molecule has 1 heterocycles. The first kappa shape index (κ1) is 15.4. The number of hydrogen-bond acceptors (Lipinski definition) is 5. The van der Waals surface area contributed by atoms with Crippen LogP contribution in [0.5, 0.6) is 0 Å². The summed E-state index contributed by atoms with van der Waals surface area (Å²) in [5.74, 6) is 5.57. The first-order valence-corrected chi connectivity index (χ1v) is 6.32. The standard InChI is InChI=1S/C13H23N5O/c1-9(2)12(8-18(3)4)16-13(19)10-7-15-6-5-11(10)17-14/h5-7,9,12H,8,14H2,1-4H3,(H,15,17)(H,16,19). The molecule has 1 unspecified atom stereocenters. The lowest BCUT2D eigenvalue weighted by atomic mass is 10.0. The predicted octanol–water partition coefficient (Wildman–Crippen LogP) is 0.683. The number of aromatic nitrogens is 1. The maximum absolute atomic E-state index is 12.3. The van der Waals surface area contributed by atoms with Crippen LogP contribution in [0.1, 0.15) is 24.2 Å². The van der Waals surface area contributed by atoms with Crippen LogP contribution in [0, 0.1) is 5.92 Å². The van der Waals surface area contributed by atoms with Gasteiger partial charge in [-0.2, -0.15) is 0 Å². The molecule has 4 N–H and O–H groups in total. The Morgan fingerprint density at radius 1 is 1.47 bits per heavy atom. The number of amides is 1. The Balaban J connectivity index is 2.81. The summed E-state index contributed by atoms with van der Waals surface area (Å²) >= 11 is 0. The van der Waals surface area contributed by atoms with Crippen molar-refractivity contribution >= 4 is 11.6 Å². The average molecular weight is 265 g/mol. The molecule has 1 aromatic rings. The number of hydrazine groups is 1. The molecule has 0 aliphatic heterocycles. The molecule has 1 aromatic heterocycles. The molecule has 0 spiro atoms. The van der Waals surface area contributed by atoms with E-state index < -0.39 is 0 Å². The molecule has 106 valence electrons. The SMILES string of the molecule is CC(C)C(CN(C)C)NC(=O)c1cnccc1NN. The molecule has 1 atom stereocenters. The fraction of sp³-hybridized carbons (Fsp3) is 0.538. The monoisotopic (exact) mass is 265 g/mol. The van der Waals surface area contributed by atoms with Crippen LogP contribution in [0.3, 0.4) is 0 Å². The van der Waals surface area contributed by atoms with E-state index in [9.17, 15) is 4.79 Å². The lowest BCUT2D eigenvalue weighted by Gasteiger charge is -2.25. The van der Waals surface area contributed by atoms with E-state index in [1.165, 1.54) is 6.20 Å². The van der Waals surface area contributed by atoms with Crippen LogP contribution in [0.15, 0.2) is 18.5 Å². The van der Waals surface area contributed by atoms with Crippen molar-refractivity contribution in [3.05, 3.63) is 24.0 Å². The van der Waals surface area contributed by atoms with Crippen molar-refractivity contribution in [2.75, 3.05) is 26.1 Å². The average Bonchev–Trinajstić information content (AvgIpc) is 2.37. The van der Waals surface area contributed by atoms with Crippen molar-refractivity contribution in [2.24, 2.45) is 11.8 Å². The van der Waals surface area contributed by atoms with Gasteiger partial charge in [-0.05, 0) is 26.1 Å². The first-order valence-electron chi connectivity index (χ1n) is 6.32. The third-order valence-electron chi connectivity index (χ3n) is 2.90. The van der Waals surface area contributed by atoms with Gasteiger partial charge < -0.3 is 15.6 Å². The number of nitrogens with zero attached hydrogens (tertiary/aromatic N) is 2. The van der Waals surface area contributed by atoms with Crippen LogP contribution in [-0.2, 0) is 0 Å². The van der Waals surface area contributed by atoms with Crippen LogP contribution in [0.25, 0.3) is 0 Å². The smallest absolute Gasteiger partial charge is 0.255 e. The van der Waals surface area contributed by atoms with Gasteiger partial charge in [0.2, 0.25) is 0 Å². The van der Waals surface area contributed by atoms with E-state index in [2.05, 4.69) is 34.5 Å². The van der Waals surface area contributed by atoms with Gasteiger partial charge in [0.25, 0.3) is 5.91 Å². The molecule has 0 radical (unpaired) electrons. The summed E-state index contributed by atoms with van der Waals surface area (Å²) in [6, 6.07) is 1.75. The van der Waals surface area contributed by atoms with Crippen molar-refractivity contribution in [1.82, 2.24) is 15.2 Å². The van der Waals surface area contributed by atoms with E-state index in [1.54, 1.807) is 12.3 Å². The molecule has 0 fully saturated rings. The summed E-state index contributed by atoms with van der Waals surface area (Å²) < 4.78 is 0. The second-order valence-electron chi connectivity index (χ2n) is 5.15. The lowest BCUT2D eigenvalue weighted by Crippen LogP contribution is -2.45. The third-order valence-corrected chi connectivity index (χ3v) is 2.90. The number of anilines is 1. The number of carbonyl (C=O) groups excluding carboxylic acids is 1. The Kier molecular flexibility index (Phi) is 5.72. The molecule has 1 amide bonds. The zero-order valence-corrected chi connectivity index (χ0v) is 12.0. The minimum absolute atomic E-state index is 0.0772. The number of carbonyl (C=O) groups is 1. The fourth-order valence-electron chi connectivity index (χ4n) is 1.76. The zero-order chi connectivity index (χ0) is 14.4. The highest BCUT2D eigenvalue weighted by atomic mass is 16.1. The Morgan fingerprint density at radius 2 is 2.16 bits per heavy atom.